The lowest BCUT2D eigenvalue weighted by Gasteiger charge is -2.06. The lowest BCUT2D eigenvalue weighted by molar-refractivity contribution is 0.326. The fourth-order valence-corrected chi connectivity index (χ4v) is 1.50. The SMILES string of the molecule is CCOc1cc(NCCS(C)(=O)=O)ncn1. The van der Waals surface area contributed by atoms with Crippen LogP contribution < -0.4 is 10.1 Å². The van der Waals surface area contributed by atoms with Crippen LogP contribution in [0.15, 0.2) is 12.4 Å². The van der Waals surface area contributed by atoms with Gasteiger partial charge in [-0.2, -0.15) is 0 Å². The number of hydrogen-bond acceptors (Lipinski definition) is 6. The van der Waals surface area contributed by atoms with Crippen LogP contribution in [0.25, 0.3) is 0 Å². The molecule has 0 bridgehead atoms. The van der Waals surface area contributed by atoms with Gasteiger partial charge in [-0.25, -0.2) is 18.4 Å². The van der Waals surface area contributed by atoms with Crippen LogP contribution in [0.3, 0.4) is 0 Å². The molecule has 0 spiro atoms. The van der Waals surface area contributed by atoms with Crippen LogP contribution in [0.4, 0.5) is 5.82 Å². The maximum absolute atomic E-state index is 10.9. The predicted octanol–water partition coefficient (Wildman–Crippen LogP) is 0.332. The summed E-state index contributed by atoms with van der Waals surface area (Å²) in [6.45, 7) is 2.71. The number of nitrogens with one attached hydrogen (secondary N) is 1. The summed E-state index contributed by atoms with van der Waals surface area (Å²) in [5, 5.41) is 2.89. The molecular weight excluding hydrogens is 230 g/mol. The Kier molecular flexibility index (Phi) is 4.48. The van der Waals surface area contributed by atoms with Crippen LogP contribution in [-0.2, 0) is 9.84 Å². The third kappa shape index (κ3) is 4.92. The molecule has 16 heavy (non-hydrogen) atoms. The Morgan fingerprint density at radius 3 is 2.81 bits per heavy atom. The number of nitrogens with zero attached hydrogens (tertiary/aromatic N) is 2. The van der Waals surface area contributed by atoms with Gasteiger partial charge >= 0.3 is 0 Å². The highest BCUT2D eigenvalue weighted by atomic mass is 32.2. The van der Waals surface area contributed by atoms with Crippen molar-refractivity contribution in [1.82, 2.24) is 9.97 Å². The van der Waals surface area contributed by atoms with Crippen molar-refractivity contribution in [3.63, 3.8) is 0 Å². The van der Waals surface area contributed by atoms with E-state index in [4.69, 9.17) is 4.74 Å². The van der Waals surface area contributed by atoms with E-state index in [9.17, 15) is 8.42 Å². The van der Waals surface area contributed by atoms with Gasteiger partial charge in [0.2, 0.25) is 5.88 Å². The quantitative estimate of drug-likeness (QED) is 0.778. The summed E-state index contributed by atoms with van der Waals surface area (Å²) in [5.41, 5.74) is 0. The molecule has 1 heterocycles. The third-order valence-electron chi connectivity index (χ3n) is 1.71. The van der Waals surface area contributed by atoms with Gasteiger partial charge in [0.15, 0.2) is 0 Å². The molecule has 6 nitrogen and oxygen atoms in total. The van der Waals surface area contributed by atoms with Crippen LogP contribution in [0, 0.1) is 0 Å². The Bertz CT molecular complexity index is 433. The largest absolute Gasteiger partial charge is 0.478 e. The first-order valence-electron chi connectivity index (χ1n) is 4.87. The van der Waals surface area contributed by atoms with Gasteiger partial charge in [0.1, 0.15) is 22.0 Å². The van der Waals surface area contributed by atoms with Crippen molar-refractivity contribution in [2.45, 2.75) is 6.92 Å². The van der Waals surface area contributed by atoms with Crippen molar-refractivity contribution >= 4 is 15.7 Å². The van der Waals surface area contributed by atoms with Crippen LogP contribution >= 0.6 is 0 Å². The van der Waals surface area contributed by atoms with Gasteiger partial charge in [-0.05, 0) is 6.92 Å². The number of anilines is 1. The lowest BCUT2D eigenvalue weighted by Crippen LogP contribution is -2.14. The molecule has 0 amide bonds. The number of ether oxygens (including phenoxy) is 1. The summed E-state index contributed by atoms with van der Waals surface area (Å²) in [6.07, 6.45) is 2.56. The van der Waals surface area contributed by atoms with E-state index >= 15 is 0 Å². The summed E-state index contributed by atoms with van der Waals surface area (Å²) in [7, 11) is -2.95. The molecule has 1 N–H and O–H groups in total. The number of rotatable bonds is 6. The molecule has 0 aliphatic carbocycles. The van der Waals surface area contributed by atoms with Crippen molar-refractivity contribution in [2.75, 3.05) is 30.5 Å². The highest BCUT2D eigenvalue weighted by Crippen LogP contribution is 2.10. The molecule has 0 aliphatic rings. The van der Waals surface area contributed by atoms with Gasteiger partial charge < -0.3 is 10.1 Å². The van der Waals surface area contributed by atoms with E-state index in [1.807, 2.05) is 6.92 Å². The van der Waals surface area contributed by atoms with Crippen LogP contribution in [0.2, 0.25) is 0 Å². The average Bonchev–Trinajstić information content (AvgIpc) is 2.17. The van der Waals surface area contributed by atoms with Gasteiger partial charge in [0.25, 0.3) is 0 Å². The smallest absolute Gasteiger partial charge is 0.218 e. The molecule has 0 aliphatic heterocycles. The Morgan fingerprint density at radius 2 is 2.19 bits per heavy atom. The molecular formula is C9H15N3O3S. The molecule has 0 radical (unpaired) electrons. The first-order chi connectivity index (χ1) is 7.51. The summed E-state index contributed by atoms with van der Waals surface area (Å²) < 4.78 is 27.0. The highest BCUT2D eigenvalue weighted by Gasteiger charge is 2.02. The number of aromatic nitrogens is 2. The molecule has 0 unspecified atom stereocenters. The number of sulfone groups is 1. The first-order valence-corrected chi connectivity index (χ1v) is 6.94. The second-order valence-corrected chi connectivity index (χ2v) is 5.49. The topological polar surface area (TPSA) is 81.2 Å². The molecule has 0 saturated heterocycles. The zero-order valence-corrected chi connectivity index (χ0v) is 10.1. The zero-order chi connectivity index (χ0) is 12.0. The van der Waals surface area contributed by atoms with Crippen LogP contribution in [0.5, 0.6) is 5.88 Å². The molecule has 1 aromatic heterocycles. The monoisotopic (exact) mass is 245 g/mol. The first kappa shape index (κ1) is 12.7. The standard InChI is InChI=1S/C9H15N3O3S/c1-3-15-9-6-8(11-7-12-9)10-4-5-16(2,13)14/h6-7H,3-5H2,1-2H3,(H,10,11,12). The van der Waals surface area contributed by atoms with Crippen molar-refractivity contribution in [3.8, 4) is 5.88 Å². The second kappa shape index (κ2) is 5.64. The van der Waals surface area contributed by atoms with E-state index in [1.165, 1.54) is 12.6 Å². The maximum atomic E-state index is 10.9. The van der Waals surface area contributed by atoms with E-state index in [0.717, 1.165) is 0 Å². The molecule has 1 rings (SSSR count). The van der Waals surface area contributed by atoms with E-state index in [2.05, 4.69) is 15.3 Å². The molecule has 1 aromatic rings. The lowest BCUT2D eigenvalue weighted by atomic mass is 10.5. The van der Waals surface area contributed by atoms with Crippen LogP contribution in [0.1, 0.15) is 6.92 Å². The zero-order valence-electron chi connectivity index (χ0n) is 9.30. The average molecular weight is 245 g/mol. The molecule has 7 heteroatoms. The Balaban J connectivity index is 2.51. The Hall–Kier alpha value is -1.37. The van der Waals surface area contributed by atoms with E-state index in [1.54, 1.807) is 6.07 Å². The third-order valence-corrected chi connectivity index (χ3v) is 2.66. The predicted molar refractivity (Wildman–Crippen MR) is 61.4 cm³/mol. The molecule has 90 valence electrons. The minimum atomic E-state index is -2.95. The summed E-state index contributed by atoms with van der Waals surface area (Å²) in [4.78, 5) is 7.84. The van der Waals surface area contributed by atoms with E-state index < -0.39 is 9.84 Å². The van der Waals surface area contributed by atoms with E-state index in [-0.39, 0.29) is 5.75 Å². The van der Waals surface area contributed by atoms with Crippen molar-refractivity contribution in [1.29, 1.82) is 0 Å². The summed E-state index contributed by atoms with van der Waals surface area (Å²) >= 11 is 0. The van der Waals surface area contributed by atoms with Gasteiger partial charge in [0, 0.05) is 18.9 Å². The molecule has 0 saturated carbocycles. The fraction of sp³-hybridized carbons (Fsp3) is 0.556. The van der Waals surface area contributed by atoms with Crippen molar-refractivity contribution in [3.05, 3.63) is 12.4 Å². The molecule has 0 atom stereocenters. The molecule has 0 fully saturated rings. The number of hydrogen-bond donors (Lipinski definition) is 1. The van der Waals surface area contributed by atoms with Crippen molar-refractivity contribution in [2.24, 2.45) is 0 Å². The van der Waals surface area contributed by atoms with E-state index in [0.29, 0.717) is 24.8 Å². The van der Waals surface area contributed by atoms with Crippen molar-refractivity contribution < 1.29 is 13.2 Å². The Morgan fingerprint density at radius 1 is 1.44 bits per heavy atom. The minimum absolute atomic E-state index is 0.0704. The summed E-state index contributed by atoms with van der Waals surface area (Å²) in [5.74, 6) is 1.10. The second-order valence-electron chi connectivity index (χ2n) is 3.23. The van der Waals surface area contributed by atoms with Crippen LogP contribution in [-0.4, -0.2) is 43.5 Å². The fourth-order valence-electron chi connectivity index (χ4n) is 1.03. The van der Waals surface area contributed by atoms with Gasteiger partial charge in [-0.15, -0.1) is 0 Å². The Labute approximate surface area is 95.0 Å². The minimum Gasteiger partial charge on any atom is -0.478 e. The normalized spacial score (nSPS) is 11.1. The van der Waals surface area contributed by atoms with Gasteiger partial charge in [-0.3, -0.25) is 0 Å². The summed E-state index contributed by atoms with van der Waals surface area (Å²) in [6, 6.07) is 1.63. The highest BCUT2D eigenvalue weighted by molar-refractivity contribution is 7.90. The van der Waals surface area contributed by atoms with Gasteiger partial charge in [0.05, 0.1) is 12.4 Å². The molecule has 0 aromatic carbocycles. The van der Waals surface area contributed by atoms with Gasteiger partial charge in [-0.1, -0.05) is 0 Å². The maximum Gasteiger partial charge on any atom is 0.218 e.